The monoisotopic (exact) mass is 97.1 g/mol. The molecule has 0 radical (unpaired) electrons. The topological polar surface area (TPSA) is 32.6 Å². The second-order valence-electron chi connectivity index (χ2n) is 0.919. The highest BCUT2D eigenvalue weighted by molar-refractivity contribution is 5.27. The molecular formula is C5H7NO. The second kappa shape index (κ2) is 3.15. The molecule has 0 bridgehead atoms. The van der Waals surface area contributed by atoms with E-state index >= 15 is 0 Å². The summed E-state index contributed by atoms with van der Waals surface area (Å²) in [4.78, 5) is 3.17. The lowest BCUT2D eigenvalue weighted by molar-refractivity contribution is 0.408. The van der Waals surface area contributed by atoms with E-state index in [0.717, 1.165) is 0 Å². The molecule has 0 rings (SSSR count). The van der Waals surface area contributed by atoms with Gasteiger partial charge in [0, 0.05) is 0 Å². The van der Waals surface area contributed by atoms with Crippen molar-refractivity contribution >= 4 is 6.72 Å². The fourth-order valence-corrected chi connectivity index (χ4v) is 0.158. The largest absolute Gasteiger partial charge is 0.493 e. The molecule has 7 heavy (non-hydrogen) atoms. The third-order valence-electron chi connectivity index (χ3n) is 0.429. The van der Waals surface area contributed by atoms with Crippen molar-refractivity contribution in [3.8, 4) is 0 Å². The number of rotatable bonds is 2. The van der Waals surface area contributed by atoms with E-state index in [1.54, 1.807) is 0 Å². The molecular weight excluding hydrogens is 90.1 g/mol. The summed E-state index contributed by atoms with van der Waals surface area (Å²) >= 11 is 0. The third-order valence-corrected chi connectivity index (χ3v) is 0.429. The first kappa shape index (κ1) is 5.95. The van der Waals surface area contributed by atoms with Gasteiger partial charge in [-0.15, -0.1) is 0 Å². The van der Waals surface area contributed by atoms with Crippen molar-refractivity contribution in [2.24, 2.45) is 4.99 Å². The van der Waals surface area contributed by atoms with Gasteiger partial charge in [-0.25, -0.2) is 4.99 Å². The number of aliphatic imine (C=N–C) groups is 1. The molecule has 2 heteroatoms. The summed E-state index contributed by atoms with van der Waals surface area (Å²) in [5.74, 6) is -0.102. The molecule has 0 saturated heterocycles. The fourth-order valence-electron chi connectivity index (χ4n) is 0.158. The van der Waals surface area contributed by atoms with Gasteiger partial charge in [0.25, 0.3) is 0 Å². The first-order valence-electron chi connectivity index (χ1n) is 1.79. The number of hydrogen-bond donors (Lipinski definition) is 1. The molecule has 0 amide bonds. The summed E-state index contributed by atoms with van der Waals surface area (Å²) in [6, 6.07) is 0. The maximum Gasteiger partial charge on any atom is 0.210 e. The van der Waals surface area contributed by atoms with Crippen LogP contribution in [0.2, 0.25) is 0 Å². The summed E-state index contributed by atoms with van der Waals surface area (Å²) in [6.07, 6.45) is 2.79. The van der Waals surface area contributed by atoms with Crippen LogP contribution in [0.15, 0.2) is 29.6 Å². The van der Waals surface area contributed by atoms with E-state index in [1.165, 1.54) is 12.2 Å². The normalized spacial score (nSPS) is 10.6. The molecule has 0 unspecified atom stereocenters. The van der Waals surface area contributed by atoms with Gasteiger partial charge in [-0.1, -0.05) is 12.7 Å². The number of aliphatic hydroxyl groups is 1. The molecule has 0 heterocycles. The van der Waals surface area contributed by atoms with Gasteiger partial charge in [-0.3, -0.25) is 0 Å². The Hall–Kier alpha value is -1.05. The van der Waals surface area contributed by atoms with Gasteiger partial charge in [-0.05, 0) is 12.8 Å². The quantitative estimate of drug-likeness (QED) is 0.314. The van der Waals surface area contributed by atoms with E-state index in [-0.39, 0.29) is 5.88 Å². The molecule has 0 aromatic heterocycles. The summed E-state index contributed by atoms with van der Waals surface area (Å²) < 4.78 is 0. The highest BCUT2D eigenvalue weighted by Gasteiger charge is 1.73. The lowest BCUT2D eigenvalue weighted by Crippen LogP contribution is -1.67. The van der Waals surface area contributed by atoms with Gasteiger partial charge in [0.05, 0.1) is 0 Å². The molecule has 1 N–H and O–H groups in total. The first-order valence-corrected chi connectivity index (χ1v) is 1.79. The van der Waals surface area contributed by atoms with Crippen molar-refractivity contribution < 1.29 is 5.11 Å². The predicted molar refractivity (Wildman–Crippen MR) is 30.5 cm³/mol. The van der Waals surface area contributed by atoms with Gasteiger partial charge in [0.15, 0.2) is 0 Å². The maximum atomic E-state index is 8.42. The summed E-state index contributed by atoms with van der Waals surface area (Å²) in [5.41, 5.74) is 0. The highest BCUT2D eigenvalue weighted by atomic mass is 16.3. The van der Waals surface area contributed by atoms with Crippen LogP contribution in [-0.2, 0) is 0 Å². The zero-order valence-corrected chi connectivity index (χ0v) is 3.96. The molecule has 0 aromatic rings. The minimum atomic E-state index is -0.102. The van der Waals surface area contributed by atoms with E-state index < -0.39 is 0 Å². The van der Waals surface area contributed by atoms with Crippen molar-refractivity contribution in [2.75, 3.05) is 0 Å². The van der Waals surface area contributed by atoms with Crippen molar-refractivity contribution in [3.05, 3.63) is 24.6 Å². The Kier molecular flexibility index (Phi) is 2.68. The summed E-state index contributed by atoms with van der Waals surface area (Å²) in [6.45, 7) is 6.39. The molecule has 0 aliphatic carbocycles. The molecule has 0 aliphatic heterocycles. The van der Waals surface area contributed by atoms with Crippen molar-refractivity contribution in [1.29, 1.82) is 0 Å². The van der Waals surface area contributed by atoms with Gasteiger partial charge >= 0.3 is 0 Å². The zero-order chi connectivity index (χ0) is 5.70. The Labute approximate surface area is 42.5 Å². The molecule has 38 valence electrons. The van der Waals surface area contributed by atoms with Crippen molar-refractivity contribution in [2.45, 2.75) is 0 Å². The minimum Gasteiger partial charge on any atom is -0.493 e. The van der Waals surface area contributed by atoms with Crippen molar-refractivity contribution in [3.63, 3.8) is 0 Å². The van der Waals surface area contributed by atoms with Crippen LogP contribution in [0, 0.1) is 0 Å². The van der Waals surface area contributed by atoms with Crippen LogP contribution in [0.3, 0.4) is 0 Å². The van der Waals surface area contributed by atoms with E-state index in [4.69, 9.17) is 5.11 Å². The average molecular weight is 97.1 g/mol. The van der Waals surface area contributed by atoms with Gasteiger partial charge < -0.3 is 5.11 Å². The van der Waals surface area contributed by atoms with Crippen LogP contribution in [0.4, 0.5) is 0 Å². The Morgan fingerprint density at radius 1 is 1.71 bits per heavy atom. The maximum absolute atomic E-state index is 8.42. The summed E-state index contributed by atoms with van der Waals surface area (Å²) in [5, 5.41) is 8.42. The minimum absolute atomic E-state index is 0.102. The Balaban J connectivity index is 3.72. The first-order chi connectivity index (χ1) is 3.31. The van der Waals surface area contributed by atoms with Gasteiger partial charge in [0.1, 0.15) is 0 Å². The Morgan fingerprint density at radius 2 is 2.29 bits per heavy atom. The van der Waals surface area contributed by atoms with Gasteiger partial charge in [-0.2, -0.15) is 0 Å². The Bertz CT molecular complexity index is 105. The van der Waals surface area contributed by atoms with Crippen LogP contribution in [0.5, 0.6) is 0 Å². The zero-order valence-electron chi connectivity index (χ0n) is 3.96. The molecule has 0 spiro atoms. The Morgan fingerprint density at radius 3 is 2.43 bits per heavy atom. The molecule has 0 fully saturated rings. The molecule has 0 atom stereocenters. The number of allylic oxidation sites excluding steroid dienone is 2. The lowest BCUT2D eigenvalue weighted by atomic mass is 10.6. The van der Waals surface area contributed by atoms with Crippen LogP contribution >= 0.6 is 0 Å². The fraction of sp³-hybridized carbons (Fsp3) is 0. The van der Waals surface area contributed by atoms with Crippen molar-refractivity contribution in [1.82, 2.24) is 0 Å². The molecule has 0 saturated carbocycles. The van der Waals surface area contributed by atoms with Crippen LogP contribution in [-0.4, -0.2) is 11.8 Å². The molecule has 2 nitrogen and oxygen atoms in total. The van der Waals surface area contributed by atoms with E-state index in [9.17, 15) is 0 Å². The average Bonchev–Trinajstić information content (AvgIpc) is 1.68. The third kappa shape index (κ3) is 2.76. The van der Waals surface area contributed by atoms with E-state index in [1.807, 2.05) is 0 Å². The lowest BCUT2D eigenvalue weighted by Gasteiger charge is -1.79. The van der Waals surface area contributed by atoms with Crippen LogP contribution < -0.4 is 0 Å². The van der Waals surface area contributed by atoms with E-state index in [2.05, 4.69) is 18.3 Å². The molecule has 0 aliphatic rings. The number of hydrogen-bond acceptors (Lipinski definition) is 2. The second-order valence-corrected chi connectivity index (χ2v) is 0.919. The number of nitrogens with zero attached hydrogens (tertiary/aromatic N) is 1. The van der Waals surface area contributed by atoms with Crippen LogP contribution in [0.25, 0.3) is 0 Å². The van der Waals surface area contributed by atoms with E-state index in [0.29, 0.717) is 0 Å². The molecule has 0 aromatic carbocycles. The van der Waals surface area contributed by atoms with Crippen LogP contribution in [0.1, 0.15) is 0 Å². The highest BCUT2D eigenvalue weighted by Crippen LogP contribution is 1.85. The number of aliphatic hydroxyl groups excluding tert-OH is 1. The summed E-state index contributed by atoms with van der Waals surface area (Å²) in [7, 11) is 0. The smallest absolute Gasteiger partial charge is 0.210 e. The standard InChI is InChI=1S/C5H7NO/c1-3-4-5(7)6-2/h3-4,7H,1-2H2/b5-4-. The SMILES string of the molecule is C=C/C=C(\O)N=C. The van der Waals surface area contributed by atoms with Gasteiger partial charge in [0.2, 0.25) is 5.88 Å². The predicted octanol–water partition coefficient (Wildman–Crippen LogP) is 1.27.